The molecule has 0 unspecified atom stereocenters. The van der Waals surface area contributed by atoms with Crippen LogP contribution in [-0.2, 0) is 6.42 Å². The highest BCUT2D eigenvalue weighted by atomic mass is 14.7. The molecule has 0 saturated carbocycles. The minimum absolute atomic E-state index is 1.04. The first-order chi connectivity index (χ1) is 8.08. The Morgan fingerprint density at radius 2 is 1.65 bits per heavy atom. The van der Waals surface area contributed by atoms with Gasteiger partial charge < -0.3 is 0 Å². The molecule has 0 bridgehead atoms. The van der Waals surface area contributed by atoms with Crippen molar-refractivity contribution in [3.63, 3.8) is 0 Å². The van der Waals surface area contributed by atoms with E-state index in [4.69, 9.17) is 0 Å². The molecule has 0 atom stereocenters. The lowest BCUT2D eigenvalue weighted by atomic mass is 9.97. The smallest absolute Gasteiger partial charge is 0.0408 e. The molecule has 1 aromatic carbocycles. The van der Waals surface area contributed by atoms with Crippen molar-refractivity contribution in [3.05, 3.63) is 51.8 Å². The molecule has 0 saturated heterocycles. The van der Waals surface area contributed by atoms with E-state index in [0.717, 1.165) is 12.1 Å². The molecule has 86 valence electrons. The molecule has 17 heavy (non-hydrogen) atoms. The van der Waals surface area contributed by atoms with Crippen LogP contribution in [0.15, 0.2) is 18.3 Å². The standard InChI is InChI=1S/C16H17N/c1-9-5-13-7-14-8-17-12(4)11(3)16(14)15(13)6-10(9)2/h5-6,8H,7H2,1-4H3. The van der Waals surface area contributed by atoms with E-state index in [1.54, 1.807) is 0 Å². The number of fused-ring (bicyclic) bond motifs is 3. The van der Waals surface area contributed by atoms with Crippen LogP contribution in [0.2, 0.25) is 0 Å². The molecule has 3 rings (SSSR count). The zero-order valence-electron chi connectivity index (χ0n) is 10.9. The fourth-order valence-electron chi connectivity index (χ4n) is 2.73. The summed E-state index contributed by atoms with van der Waals surface area (Å²) in [6.07, 6.45) is 3.09. The quantitative estimate of drug-likeness (QED) is 0.563. The predicted octanol–water partition coefficient (Wildman–Crippen LogP) is 3.89. The molecule has 0 amide bonds. The van der Waals surface area contributed by atoms with Crippen molar-refractivity contribution < 1.29 is 0 Å². The van der Waals surface area contributed by atoms with Crippen molar-refractivity contribution in [2.24, 2.45) is 0 Å². The van der Waals surface area contributed by atoms with Crippen LogP contribution in [0, 0.1) is 27.7 Å². The molecule has 0 N–H and O–H groups in total. The molecular formula is C16H17N. The fraction of sp³-hybridized carbons (Fsp3) is 0.312. The van der Waals surface area contributed by atoms with Gasteiger partial charge in [-0.3, -0.25) is 4.98 Å². The Hall–Kier alpha value is -1.63. The Bertz CT molecular complexity index is 624. The second-order valence-corrected chi connectivity index (χ2v) is 5.14. The number of rotatable bonds is 0. The maximum absolute atomic E-state index is 4.48. The zero-order valence-corrected chi connectivity index (χ0v) is 10.9. The van der Waals surface area contributed by atoms with Crippen LogP contribution in [0.4, 0.5) is 0 Å². The fourth-order valence-corrected chi connectivity index (χ4v) is 2.73. The summed E-state index contributed by atoms with van der Waals surface area (Å²) in [7, 11) is 0. The summed E-state index contributed by atoms with van der Waals surface area (Å²) in [6.45, 7) is 8.66. The van der Waals surface area contributed by atoms with Crippen LogP contribution in [-0.4, -0.2) is 4.98 Å². The van der Waals surface area contributed by atoms with Crippen LogP contribution < -0.4 is 0 Å². The molecule has 1 heteroatoms. The van der Waals surface area contributed by atoms with Gasteiger partial charge in [0.15, 0.2) is 0 Å². The summed E-state index contributed by atoms with van der Waals surface area (Å²) in [4.78, 5) is 4.48. The van der Waals surface area contributed by atoms with Gasteiger partial charge in [0.25, 0.3) is 0 Å². The average molecular weight is 223 g/mol. The average Bonchev–Trinajstić information content (AvgIpc) is 2.63. The van der Waals surface area contributed by atoms with Gasteiger partial charge in [-0.15, -0.1) is 0 Å². The molecule has 1 aliphatic carbocycles. The highest BCUT2D eigenvalue weighted by molar-refractivity contribution is 5.80. The molecule has 1 aliphatic rings. The van der Waals surface area contributed by atoms with Gasteiger partial charge in [0.1, 0.15) is 0 Å². The van der Waals surface area contributed by atoms with E-state index in [2.05, 4.69) is 44.8 Å². The third-order valence-corrected chi connectivity index (χ3v) is 4.02. The van der Waals surface area contributed by atoms with Crippen LogP contribution >= 0.6 is 0 Å². The zero-order chi connectivity index (χ0) is 12.2. The molecule has 2 aromatic rings. The van der Waals surface area contributed by atoms with Crippen LogP contribution in [0.1, 0.15) is 33.5 Å². The van der Waals surface area contributed by atoms with Crippen molar-refractivity contribution in [1.29, 1.82) is 0 Å². The van der Waals surface area contributed by atoms with Gasteiger partial charge >= 0.3 is 0 Å². The second-order valence-electron chi connectivity index (χ2n) is 5.14. The van der Waals surface area contributed by atoms with Gasteiger partial charge in [0, 0.05) is 18.3 Å². The minimum Gasteiger partial charge on any atom is -0.261 e. The van der Waals surface area contributed by atoms with E-state index >= 15 is 0 Å². The summed E-state index contributed by atoms with van der Waals surface area (Å²) in [5, 5.41) is 0. The normalized spacial score (nSPS) is 12.5. The van der Waals surface area contributed by atoms with Crippen LogP contribution in [0.3, 0.4) is 0 Å². The third kappa shape index (κ3) is 1.42. The molecule has 0 fully saturated rings. The van der Waals surface area contributed by atoms with Crippen molar-refractivity contribution in [2.75, 3.05) is 0 Å². The molecule has 1 aromatic heterocycles. The summed E-state index contributed by atoms with van der Waals surface area (Å²) in [5.74, 6) is 0. The Kier molecular flexibility index (Phi) is 2.12. The largest absolute Gasteiger partial charge is 0.261 e. The highest BCUT2D eigenvalue weighted by Crippen LogP contribution is 2.40. The van der Waals surface area contributed by atoms with Crippen molar-refractivity contribution in [2.45, 2.75) is 34.1 Å². The van der Waals surface area contributed by atoms with E-state index in [-0.39, 0.29) is 0 Å². The number of hydrogen-bond acceptors (Lipinski definition) is 1. The van der Waals surface area contributed by atoms with Gasteiger partial charge in [-0.1, -0.05) is 12.1 Å². The summed E-state index contributed by atoms with van der Waals surface area (Å²) < 4.78 is 0. The summed E-state index contributed by atoms with van der Waals surface area (Å²) >= 11 is 0. The van der Waals surface area contributed by atoms with E-state index in [1.165, 1.54) is 38.9 Å². The lowest BCUT2D eigenvalue weighted by Crippen LogP contribution is -1.92. The van der Waals surface area contributed by atoms with Crippen molar-refractivity contribution in [3.8, 4) is 11.1 Å². The minimum atomic E-state index is 1.04. The van der Waals surface area contributed by atoms with Gasteiger partial charge in [-0.25, -0.2) is 0 Å². The number of pyridine rings is 1. The van der Waals surface area contributed by atoms with E-state index in [9.17, 15) is 0 Å². The summed E-state index contributed by atoms with van der Waals surface area (Å²) in [6, 6.07) is 4.67. The lowest BCUT2D eigenvalue weighted by Gasteiger charge is -2.09. The van der Waals surface area contributed by atoms with Crippen molar-refractivity contribution >= 4 is 0 Å². The van der Waals surface area contributed by atoms with Crippen LogP contribution in [0.25, 0.3) is 11.1 Å². The lowest BCUT2D eigenvalue weighted by molar-refractivity contribution is 1.11. The van der Waals surface area contributed by atoms with E-state index < -0.39 is 0 Å². The first-order valence-corrected chi connectivity index (χ1v) is 6.13. The predicted molar refractivity (Wildman–Crippen MR) is 71.4 cm³/mol. The van der Waals surface area contributed by atoms with Gasteiger partial charge in [-0.05, 0) is 66.6 Å². The number of nitrogens with zero attached hydrogens (tertiary/aromatic N) is 1. The van der Waals surface area contributed by atoms with Crippen molar-refractivity contribution in [1.82, 2.24) is 4.98 Å². The Morgan fingerprint density at radius 3 is 2.41 bits per heavy atom. The molecule has 0 radical (unpaired) electrons. The summed E-state index contributed by atoms with van der Waals surface area (Å²) in [5.41, 5.74) is 10.9. The molecule has 0 spiro atoms. The molecule has 1 heterocycles. The number of hydrogen-bond donors (Lipinski definition) is 0. The highest BCUT2D eigenvalue weighted by Gasteiger charge is 2.22. The second kappa shape index (κ2) is 3.43. The number of aryl methyl sites for hydroxylation is 3. The SMILES string of the molecule is Cc1cc2c(cc1C)-c1c(cnc(C)c1C)C2. The maximum atomic E-state index is 4.48. The number of aromatic nitrogens is 1. The van der Waals surface area contributed by atoms with Gasteiger partial charge in [0.2, 0.25) is 0 Å². The van der Waals surface area contributed by atoms with E-state index in [0.29, 0.717) is 0 Å². The number of benzene rings is 1. The first kappa shape index (κ1) is 10.5. The third-order valence-electron chi connectivity index (χ3n) is 4.02. The van der Waals surface area contributed by atoms with Gasteiger partial charge in [-0.2, -0.15) is 0 Å². The maximum Gasteiger partial charge on any atom is 0.0408 e. The Balaban J connectivity index is 2.33. The molecular weight excluding hydrogens is 206 g/mol. The molecule has 1 nitrogen and oxygen atoms in total. The topological polar surface area (TPSA) is 12.9 Å². The molecule has 0 aliphatic heterocycles. The Morgan fingerprint density at radius 1 is 0.941 bits per heavy atom. The first-order valence-electron chi connectivity index (χ1n) is 6.13. The van der Waals surface area contributed by atoms with Gasteiger partial charge in [0.05, 0.1) is 0 Å². The van der Waals surface area contributed by atoms with Crippen LogP contribution in [0.5, 0.6) is 0 Å². The van der Waals surface area contributed by atoms with E-state index in [1.807, 2.05) is 6.20 Å². The Labute approximate surface area is 103 Å². The monoisotopic (exact) mass is 223 g/mol.